The molecular weight excluding hydrogens is 272 g/mol. The lowest BCUT2D eigenvalue weighted by Gasteiger charge is -2.18. The molecule has 0 unspecified atom stereocenters. The molecule has 108 valence electrons. The molecule has 0 atom stereocenters. The van der Waals surface area contributed by atoms with Crippen molar-refractivity contribution in [1.29, 1.82) is 0 Å². The highest BCUT2D eigenvalue weighted by molar-refractivity contribution is 6.09. The van der Waals surface area contributed by atoms with E-state index in [0.717, 1.165) is 22.9 Å². The van der Waals surface area contributed by atoms with Gasteiger partial charge in [0.2, 0.25) is 0 Å². The number of benzene rings is 3. The van der Waals surface area contributed by atoms with Gasteiger partial charge in [-0.3, -0.25) is 4.79 Å². The summed E-state index contributed by atoms with van der Waals surface area (Å²) in [6, 6.07) is 19.7. The molecule has 4 rings (SSSR count). The number of nitrogens with zero attached hydrogens (tertiary/aromatic N) is 1. The summed E-state index contributed by atoms with van der Waals surface area (Å²) in [6.07, 6.45) is 0.884. The molecule has 1 heterocycles. The van der Waals surface area contributed by atoms with E-state index in [1.807, 2.05) is 59.5 Å². The Morgan fingerprint density at radius 3 is 2.64 bits per heavy atom. The second-order valence-electron chi connectivity index (χ2n) is 5.66. The summed E-state index contributed by atoms with van der Waals surface area (Å²) < 4.78 is 0. The summed E-state index contributed by atoms with van der Waals surface area (Å²) in [5.41, 5.74) is 9.40. The minimum absolute atomic E-state index is 0.0371. The van der Waals surface area contributed by atoms with Crippen LogP contribution >= 0.6 is 0 Å². The van der Waals surface area contributed by atoms with Gasteiger partial charge in [-0.25, -0.2) is 0 Å². The van der Waals surface area contributed by atoms with Gasteiger partial charge in [0.15, 0.2) is 0 Å². The predicted molar refractivity (Wildman–Crippen MR) is 90.2 cm³/mol. The number of amides is 1. The highest BCUT2D eigenvalue weighted by Gasteiger charge is 2.25. The standard InChI is InChI=1S/C19H16N2O/c20-17-8-7-14-9-10-21(18(14)12-17)19(22)16-6-5-13-3-1-2-4-15(13)11-16/h1-8,11-12H,9-10,20H2. The van der Waals surface area contributed by atoms with Crippen LogP contribution in [0.3, 0.4) is 0 Å². The van der Waals surface area contributed by atoms with Crippen molar-refractivity contribution in [3.63, 3.8) is 0 Å². The molecule has 22 heavy (non-hydrogen) atoms. The summed E-state index contributed by atoms with van der Waals surface area (Å²) in [6.45, 7) is 0.713. The summed E-state index contributed by atoms with van der Waals surface area (Å²) >= 11 is 0. The monoisotopic (exact) mass is 288 g/mol. The number of nitrogen functional groups attached to an aromatic ring is 1. The first-order chi connectivity index (χ1) is 10.7. The van der Waals surface area contributed by atoms with Gasteiger partial charge in [-0.05, 0) is 47.0 Å². The number of hydrogen-bond donors (Lipinski definition) is 1. The van der Waals surface area contributed by atoms with Crippen LogP contribution in [0.25, 0.3) is 10.8 Å². The largest absolute Gasteiger partial charge is 0.399 e. The normalized spacial score (nSPS) is 13.4. The van der Waals surface area contributed by atoms with Gasteiger partial charge in [0.05, 0.1) is 0 Å². The van der Waals surface area contributed by atoms with Crippen LogP contribution in [0.15, 0.2) is 60.7 Å². The first-order valence-electron chi connectivity index (χ1n) is 7.41. The molecule has 2 N–H and O–H groups in total. The molecule has 1 aliphatic heterocycles. The van der Waals surface area contributed by atoms with Gasteiger partial charge in [-0.15, -0.1) is 0 Å². The van der Waals surface area contributed by atoms with E-state index in [4.69, 9.17) is 5.73 Å². The van der Waals surface area contributed by atoms with E-state index in [-0.39, 0.29) is 5.91 Å². The van der Waals surface area contributed by atoms with Gasteiger partial charge >= 0.3 is 0 Å². The van der Waals surface area contributed by atoms with Crippen LogP contribution in [0.2, 0.25) is 0 Å². The molecule has 0 saturated heterocycles. The van der Waals surface area contributed by atoms with Crippen molar-refractivity contribution in [3.8, 4) is 0 Å². The van der Waals surface area contributed by atoms with Crippen molar-refractivity contribution in [1.82, 2.24) is 0 Å². The van der Waals surface area contributed by atoms with Gasteiger partial charge in [0, 0.05) is 23.5 Å². The number of anilines is 2. The Bertz CT molecular complexity index is 885. The minimum Gasteiger partial charge on any atom is -0.399 e. The van der Waals surface area contributed by atoms with E-state index in [2.05, 4.69) is 6.07 Å². The van der Waals surface area contributed by atoms with Gasteiger partial charge in [0.1, 0.15) is 0 Å². The van der Waals surface area contributed by atoms with Crippen molar-refractivity contribution < 1.29 is 4.79 Å². The number of carbonyl (C=O) groups excluding carboxylic acids is 1. The Morgan fingerprint density at radius 1 is 0.955 bits per heavy atom. The Kier molecular flexibility index (Phi) is 2.86. The SMILES string of the molecule is Nc1ccc2c(c1)N(C(=O)c1ccc3ccccc3c1)CC2. The van der Waals surface area contributed by atoms with Crippen LogP contribution in [0.4, 0.5) is 11.4 Å². The second kappa shape index (κ2) is 4.88. The zero-order chi connectivity index (χ0) is 15.1. The molecule has 1 amide bonds. The molecule has 0 aliphatic carbocycles. The van der Waals surface area contributed by atoms with Gasteiger partial charge in [-0.2, -0.15) is 0 Å². The van der Waals surface area contributed by atoms with E-state index in [0.29, 0.717) is 17.8 Å². The van der Waals surface area contributed by atoms with Crippen LogP contribution in [0, 0.1) is 0 Å². The molecule has 3 nitrogen and oxygen atoms in total. The summed E-state index contributed by atoms with van der Waals surface area (Å²) in [5, 5.41) is 2.23. The lowest BCUT2D eigenvalue weighted by molar-refractivity contribution is 0.0989. The Morgan fingerprint density at radius 2 is 1.77 bits per heavy atom. The molecule has 0 fully saturated rings. The number of rotatable bonds is 1. The van der Waals surface area contributed by atoms with E-state index in [9.17, 15) is 4.79 Å². The molecule has 0 bridgehead atoms. The van der Waals surface area contributed by atoms with Crippen molar-refractivity contribution in [2.45, 2.75) is 6.42 Å². The predicted octanol–water partition coefficient (Wildman–Crippen LogP) is 3.62. The van der Waals surface area contributed by atoms with Crippen LogP contribution in [0.5, 0.6) is 0 Å². The Hall–Kier alpha value is -2.81. The average Bonchev–Trinajstić information content (AvgIpc) is 2.96. The zero-order valence-corrected chi connectivity index (χ0v) is 12.1. The topological polar surface area (TPSA) is 46.3 Å². The molecule has 0 aromatic heterocycles. The molecule has 3 aromatic carbocycles. The third-order valence-corrected chi connectivity index (χ3v) is 4.25. The highest BCUT2D eigenvalue weighted by Crippen LogP contribution is 2.31. The first kappa shape index (κ1) is 12.9. The molecule has 1 aliphatic rings. The maximum absolute atomic E-state index is 12.8. The van der Waals surface area contributed by atoms with E-state index < -0.39 is 0 Å². The van der Waals surface area contributed by atoms with Crippen LogP contribution in [0.1, 0.15) is 15.9 Å². The minimum atomic E-state index is 0.0371. The number of carbonyl (C=O) groups is 1. The third kappa shape index (κ3) is 2.02. The Balaban J connectivity index is 1.74. The zero-order valence-electron chi connectivity index (χ0n) is 12.1. The first-order valence-corrected chi connectivity index (χ1v) is 7.41. The second-order valence-corrected chi connectivity index (χ2v) is 5.66. The fourth-order valence-electron chi connectivity index (χ4n) is 3.09. The number of nitrogens with two attached hydrogens (primary N) is 1. The van der Waals surface area contributed by atoms with Gasteiger partial charge in [-0.1, -0.05) is 36.4 Å². The summed E-state index contributed by atoms with van der Waals surface area (Å²) in [4.78, 5) is 14.7. The average molecular weight is 288 g/mol. The van der Waals surface area contributed by atoms with Crippen molar-refractivity contribution in [2.24, 2.45) is 0 Å². The van der Waals surface area contributed by atoms with Gasteiger partial charge < -0.3 is 10.6 Å². The fourth-order valence-corrected chi connectivity index (χ4v) is 3.09. The van der Waals surface area contributed by atoms with Crippen molar-refractivity contribution in [2.75, 3.05) is 17.2 Å². The maximum atomic E-state index is 12.8. The van der Waals surface area contributed by atoms with Gasteiger partial charge in [0.25, 0.3) is 5.91 Å². The molecule has 3 heteroatoms. The number of hydrogen-bond acceptors (Lipinski definition) is 2. The quantitative estimate of drug-likeness (QED) is 0.695. The van der Waals surface area contributed by atoms with E-state index in [1.165, 1.54) is 5.56 Å². The fraction of sp³-hybridized carbons (Fsp3) is 0.105. The Labute approximate surface area is 129 Å². The van der Waals surface area contributed by atoms with Crippen molar-refractivity contribution in [3.05, 3.63) is 71.8 Å². The molecule has 0 saturated carbocycles. The summed E-state index contributed by atoms with van der Waals surface area (Å²) in [5.74, 6) is 0.0371. The maximum Gasteiger partial charge on any atom is 0.258 e. The molecular formula is C19H16N2O. The van der Waals surface area contributed by atoms with E-state index >= 15 is 0 Å². The lowest BCUT2D eigenvalue weighted by atomic mass is 10.1. The van der Waals surface area contributed by atoms with E-state index in [1.54, 1.807) is 0 Å². The lowest BCUT2D eigenvalue weighted by Crippen LogP contribution is -2.28. The van der Waals surface area contributed by atoms with Crippen molar-refractivity contribution >= 4 is 28.1 Å². The van der Waals surface area contributed by atoms with Crippen LogP contribution in [-0.4, -0.2) is 12.5 Å². The third-order valence-electron chi connectivity index (χ3n) is 4.25. The number of fused-ring (bicyclic) bond motifs is 2. The smallest absolute Gasteiger partial charge is 0.258 e. The molecule has 0 spiro atoms. The summed E-state index contributed by atoms with van der Waals surface area (Å²) in [7, 11) is 0. The molecule has 3 aromatic rings. The molecule has 0 radical (unpaired) electrons. The van der Waals surface area contributed by atoms with Crippen LogP contribution in [-0.2, 0) is 6.42 Å². The highest BCUT2D eigenvalue weighted by atomic mass is 16.2. The van der Waals surface area contributed by atoms with Crippen LogP contribution < -0.4 is 10.6 Å².